The Labute approximate surface area is 119 Å². The van der Waals surface area contributed by atoms with E-state index in [1.807, 2.05) is 0 Å². The highest BCUT2D eigenvalue weighted by Gasteiger charge is 2.49. The van der Waals surface area contributed by atoms with Gasteiger partial charge < -0.3 is 9.16 Å². The molecule has 0 radical (unpaired) electrons. The highest BCUT2D eigenvalue weighted by Crippen LogP contribution is 2.46. The lowest BCUT2D eigenvalue weighted by Crippen LogP contribution is -2.47. The molecular weight excluding hydrogens is 256 g/mol. The van der Waals surface area contributed by atoms with Crippen molar-refractivity contribution in [2.45, 2.75) is 71.7 Å². The molecule has 2 atom stereocenters. The zero-order chi connectivity index (χ0) is 14.7. The number of carbonyl (C=O) groups excluding carboxylic acids is 1. The summed E-state index contributed by atoms with van der Waals surface area (Å²) < 4.78 is 11.6. The van der Waals surface area contributed by atoms with E-state index in [0.29, 0.717) is 0 Å². The first kappa shape index (κ1) is 16.7. The molecule has 112 valence electrons. The fraction of sp³-hybridized carbons (Fsp3) is 0.933. The maximum Gasteiger partial charge on any atom is 0.311 e. The van der Waals surface area contributed by atoms with Gasteiger partial charge in [-0.05, 0) is 36.4 Å². The van der Waals surface area contributed by atoms with E-state index in [2.05, 4.69) is 34.6 Å². The second kappa shape index (κ2) is 6.40. The Morgan fingerprint density at radius 2 is 1.74 bits per heavy atom. The molecule has 1 rings (SSSR count). The van der Waals surface area contributed by atoms with Crippen LogP contribution in [0.4, 0.5) is 0 Å². The number of ether oxygens (including phenoxy) is 1. The highest BCUT2D eigenvalue weighted by atomic mass is 28.4. The summed E-state index contributed by atoms with van der Waals surface area (Å²) >= 11 is 0. The molecule has 0 aromatic heterocycles. The smallest absolute Gasteiger partial charge is 0.311 e. The third-order valence-electron chi connectivity index (χ3n) is 5.05. The fourth-order valence-electron chi connectivity index (χ4n) is 3.27. The summed E-state index contributed by atoms with van der Waals surface area (Å²) in [5, 5.41) is 0. The van der Waals surface area contributed by atoms with Crippen LogP contribution in [0.15, 0.2) is 0 Å². The second-order valence-corrected chi connectivity index (χ2v) is 11.2. The van der Waals surface area contributed by atoms with Gasteiger partial charge in [0, 0.05) is 0 Å². The van der Waals surface area contributed by atoms with Gasteiger partial charge in [0.05, 0.1) is 19.1 Å². The predicted molar refractivity (Wildman–Crippen MR) is 80.6 cm³/mol. The Morgan fingerprint density at radius 3 is 2.16 bits per heavy atom. The van der Waals surface area contributed by atoms with Gasteiger partial charge >= 0.3 is 5.97 Å². The van der Waals surface area contributed by atoms with Crippen LogP contribution in [0.25, 0.3) is 0 Å². The van der Waals surface area contributed by atoms with Crippen LogP contribution in [0.1, 0.15) is 47.5 Å². The molecule has 0 aromatic rings. The summed E-state index contributed by atoms with van der Waals surface area (Å²) in [6.07, 6.45) is 1.97. The number of hydrogen-bond donors (Lipinski definition) is 0. The van der Waals surface area contributed by atoms with Crippen molar-refractivity contribution in [3.8, 4) is 0 Å². The Morgan fingerprint density at radius 1 is 1.21 bits per heavy atom. The van der Waals surface area contributed by atoms with Crippen LogP contribution in [-0.2, 0) is 14.0 Å². The van der Waals surface area contributed by atoms with Crippen molar-refractivity contribution in [2.24, 2.45) is 11.3 Å². The summed E-state index contributed by atoms with van der Waals surface area (Å²) in [5.41, 5.74) is 0.0800. The lowest BCUT2D eigenvalue weighted by molar-refractivity contribution is -0.149. The van der Waals surface area contributed by atoms with Gasteiger partial charge in [0.2, 0.25) is 0 Å². The summed E-state index contributed by atoms with van der Waals surface area (Å²) in [7, 11) is -0.198. The molecule has 0 aliphatic heterocycles. The Hall–Kier alpha value is -0.353. The minimum Gasteiger partial charge on any atom is -0.469 e. The molecule has 0 heterocycles. The number of rotatable bonds is 6. The van der Waals surface area contributed by atoms with Crippen LogP contribution >= 0.6 is 0 Å². The summed E-state index contributed by atoms with van der Waals surface area (Å²) in [6, 6.07) is 3.38. The number of esters is 1. The monoisotopic (exact) mass is 286 g/mol. The van der Waals surface area contributed by atoms with E-state index < -0.39 is 8.32 Å². The van der Waals surface area contributed by atoms with Crippen molar-refractivity contribution in [3.63, 3.8) is 0 Å². The molecule has 0 saturated heterocycles. The largest absolute Gasteiger partial charge is 0.469 e. The van der Waals surface area contributed by atoms with Gasteiger partial charge in [-0.15, -0.1) is 0 Å². The van der Waals surface area contributed by atoms with Crippen molar-refractivity contribution in [3.05, 3.63) is 0 Å². The first-order valence-electron chi connectivity index (χ1n) is 7.61. The molecule has 0 N–H and O–H groups in total. The van der Waals surface area contributed by atoms with Crippen LogP contribution in [0.3, 0.4) is 0 Å². The van der Waals surface area contributed by atoms with Crippen molar-refractivity contribution < 1.29 is 14.0 Å². The highest BCUT2D eigenvalue weighted by molar-refractivity contribution is 6.73. The number of methoxy groups -OCH3 is 1. The molecule has 0 unspecified atom stereocenters. The molecule has 4 heteroatoms. The predicted octanol–water partition coefficient (Wildman–Crippen LogP) is 3.99. The van der Waals surface area contributed by atoms with Crippen LogP contribution < -0.4 is 0 Å². The quantitative estimate of drug-likeness (QED) is 0.547. The molecule has 3 nitrogen and oxygen atoms in total. The Balaban J connectivity index is 2.95. The van der Waals surface area contributed by atoms with Crippen molar-refractivity contribution >= 4 is 14.3 Å². The topological polar surface area (TPSA) is 35.5 Å². The van der Waals surface area contributed by atoms with Crippen LogP contribution in [-0.4, -0.2) is 27.5 Å². The van der Waals surface area contributed by atoms with Gasteiger partial charge in [-0.2, -0.15) is 0 Å². The van der Waals surface area contributed by atoms with Gasteiger partial charge in [-0.25, -0.2) is 0 Å². The van der Waals surface area contributed by atoms with E-state index in [-0.39, 0.29) is 23.4 Å². The standard InChI is InChI=1S/C15H30O3Si/c1-7-19(8-2,9-3)18-13-12(14(16)17-6)10-11-15(13,4)5/h12-13H,7-11H2,1-6H3/t12-,13-/m0/s1. The van der Waals surface area contributed by atoms with E-state index in [1.165, 1.54) is 7.11 Å². The van der Waals surface area contributed by atoms with Gasteiger partial charge in [0.25, 0.3) is 0 Å². The molecule has 1 fully saturated rings. The molecule has 1 aliphatic carbocycles. The van der Waals surface area contributed by atoms with E-state index in [0.717, 1.165) is 31.0 Å². The van der Waals surface area contributed by atoms with Gasteiger partial charge in [0.1, 0.15) is 0 Å². The zero-order valence-electron chi connectivity index (χ0n) is 13.4. The minimum absolute atomic E-state index is 0.0338. The zero-order valence-corrected chi connectivity index (χ0v) is 14.4. The molecule has 0 aromatic carbocycles. The third-order valence-corrected chi connectivity index (χ3v) is 9.67. The normalized spacial score (nSPS) is 26.4. The average Bonchev–Trinajstić information content (AvgIpc) is 2.70. The maximum absolute atomic E-state index is 12.0. The molecule has 19 heavy (non-hydrogen) atoms. The van der Waals surface area contributed by atoms with Crippen LogP contribution in [0, 0.1) is 11.3 Å². The van der Waals surface area contributed by atoms with E-state index >= 15 is 0 Å². The van der Waals surface area contributed by atoms with Gasteiger partial charge in [-0.3, -0.25) is 4.79 Å². The molecule has 1 aliphatic rings. The average molecular weight is 286 g/mol. The SMILES string of the molecule is CC[Si](CC)(CC)O[C@H]1[C@@H](C(=O)OC)CCC1(C)C. The number of carbonyl (C=O) groups is 1. The first-order chi connectivity index (χ1) is 8.85. The lowest BCUT2D eigenvalue weighted by Gasteiger charge is -2.39. The molecule has 0 spiro atoms. The van der Waals surface area contributed by atoms with Crippen molar-refractivity contribution in [2.75, 3.05) is 7.11 Å². The minimum atomic E-state index is -1.68. The van der Waals surface area contributed by atoms with Crippen LogP contribution in [0.5, 0.6) is 0 Å². The maximum atomic E-state index is 12.0. The van der Waals surface area contributed by atoms with E-state index in [1.54, 1.807) is 0 Å². The molecule has 0 amide bonds. The number of hydrogen-bond acceptors (Lipinski definition) is 3. The van der Waals surface area contributed by atoms with Gasteiger partial charge in [0.15, 0.2) is 8.32 Å². The molecule has 1 saturated carbocycles. The van der Waals surface area contributed by atoms with Crippen molar-refractivity contribution in [1.82, 2.24) is 0 Å². The summed E-state index contributed by atoms with van der Waals surface area (Å²) in [5.74, 6) is -0.168. The van der Waals surface area contributed by atoms with Crippen molar-refractivity contribution in [1.29, 1.82) is 0 Å². The summed E-state index contributed by atoms with van der Waals surface area (Å²) in [6.45, 7) is 11.1. The summed E-state index contributed by atoms with van der Waals surface area (Å²) in [4.78, 5) is 12.0. The fourth-order valence-corrected chi connectivity index (χ4v) is 6.29. The third kappa shape index (κ3) is 3.40. The van der Waals surface area contributed by atoms with E-state index in [4.69, 9.17) is 9.16 Å². The Bertz CT molecular complexity index is 302. The Kier molecular flexibility index (Phi) is 5.62. The molecular formula is C15H30O3Si. The van der Waals surface area contributed by atoms with Gasteiger partial charge in [-0.1, -0.05) is 34.6 Å². The first-order valence-corrected chi connectivity index (χ1v) is 10.1. The lowest BCUT2D eigenvalue weighted by atomic mass is 9.87. The van der Waals surface area contributed by atoms with Crippen LogP contribution in [0.2, 0.25) is 18.1 Å². The van der Waals surface area contributed by atoms with E-state index in [9.17, 15) is 4.79 Å². The second-order valence-electron chi connectivity index (χ2n) is 6.44. The molecule has 0 bridgehead atoms.